The summed E-state index contributed by atoms with van der Waals surface area (Å²) in [6.07, 6.45) is 7.30. The molecule has 0 aromatic carbocycles. The minimum absolute atomic E-state index is 0.202. The van der Waals surface area contributed by atoms with E-state index in [2.05, 4.69) is 26.9 Å². The molecular weight excluding hydrogens is 396 g/mol. The zero-order chi connectivity index (χ0) is 21.8. The van der Waals surface area contributed by atoms with Gasteiger partial charge in [0.2, 0.25) is 0 Å². The quantitative estimate of drug-likeness (QED) is 0.489. The summed E-state index contributed by atoms with van der Waals surface area (Å²) in [6.45, 7) is 4.24. The highest BCUT2D eigenvalue weighted by molar-refractivity contribution is 5.91. The van der Waals surface area contributed by atoms with Crippen LogP contribution in [-0.2, 0) is 4.74 Å². The molecule has 0 unspecified atom stereocenters. The van der Waals surface area contributed by atoms with Crippen molar-refractivity contribution < 1.29 is 9.15 Å². The van der Waals surface area contributed by atoms with Crippen LogP contribution in [0.4, 0.5) is 5.82 Å². The fourth-order valence-corrected chi connectivity index (χ4v) is 3.45. The van der Waals surface area contributed by atoms with Gasteiger partial charge >= 0.3 is 0 Å². The summed E-state index contributed by atoms with van der Waals surface area (Å²) in [5, 5.41) is 3.66. The molecule has 31 heavy (non-hydrogen) atoms. The molecule has 5 rings (SSSR count). The van der Waals surface area contributed by atoms with Crippen molar-refractivity contribution in [3.05, 3.63) is 47.0 Å². The van der Waals surface area contributed by atoms with Crippen molar-refractivity contribution >= 4 is 22.4 Å². The van der Waals surface area contributed by atoms with Crippen LogP contribution >= 0.6 is 0 Å². The summed E-state index contributed by atoms with van der Waals surface area (Å²) >= 11 is 0. The summed E-state index contributed by atoms with van der Waals surface area (Å²) in [5.41, 5.74) is 7.23. The summed E-state index contributed by atoms with van der Waals surface area (Å²) in [5.74, 6) is 1.46. The molecule has 0 radical (unpaired) electrons. The van der Waals surface area contributed by atoms with E-state index >= 15 is 0 Å². The van der Waals surface area contributed by atoms with Gasteiger partial charge in [-0.2, -0.15) is 0 Å². The van der Waals surface area contributed by atoms with Crippen molar-refractivity contribution in [3.8, 4) is 11.5 Å². The highest BCUT2D eigenvalue weighted by atomic mass is 16.5. The van der Waals surface area contributed by atoms with Gasteiger partial charge in [0.25, 0.3) is 5.56 Å². The minimum atomic E-state index is -0.202. The Labute approximate surface area is 179 Å². The molecule has 0 atom stereocenters. The monoisotopic (exact) mass is 424 g/mol. The van der Waals surface area contributed by atoms with Crippen LogP contribution in [0.3, 0.4) is 0 Å². The maximum absolute atomic E-state index is 11.7. The van der Waals surface area contributed by atoms with E-state index in [4.69, 9.17) is 14.9 Å². The third kappa shape index (κ3) is 4.47. The van der Waals surface area contributed by atoms with Crippen molar-refractivity contribution in [3.63, 3.8) is 0 Å². The fourth-order valence-electron chi connectivity index (χ4n) is 3.45. The molecule has 0 aliphatic heterocycles. The van der Waals surface area contributed by atoms with Crippen LogP contribution in [0.25, 0.3) is 28.1 Å². The zero-order valence-corrected chi connectivity index (χ0v) is 17.9. The van der Waals surface area contributed by atoms with Crippen molar-refractivity contribution in [2.75, 3.05) is 31.7 Å². The Hall–Kier alpha value is -3.17. The second kappa shape index (κ2) is 9.32. The van der Waals surface area contributed by atoms with Gasteiger partial charge in [-0.3, -0.25) is 9.89 Å². The lowest BCUT2D eigenvalue weighted by Crippen LogP contribution is -2.27. The normalized spacial score (nSPS) is 13.8. The Balaban J connectivity index is 0.000000407. The number of H-pyrrole nitrogens is 1. The Morgan fingerprint density at radius 3 is 2.81 bits per heavy atom. The Kier molecular flexibility index (Phi) is 6.34. The molecule has 4 heterocycles. The van der Waals surface area contributed by atoms with Gasteiger partial charge in [0, 0.05) is 38.5 Å². The number of likely N-dealkylation sites (N-methyl/N-ethyl adjacent to an activating group) is 1. The zero-order valence-electron chi connectivity index (χ0n) is 17.9. The molecule has 0 bridgehead atoms. The molecule has 1 saturated carbocycles. The number of anilines is 1. The summed E-state index contributed by atoms with van der Waals surface area (Å²) < 4.78 is 12.8. The van der Waals surface area contributed by atoms with Crippen LogP contribution in [0.5, 0.6) is 0 Å². The first-order valence-corrected chi connectivity index (χ1v) is 10.6. The minimum Gasteiger partial charge on any atom is -0.454 e. The van der Waals surface area contributed by atoms with Gasteiger partial charge in [-0.15, -0.1) is 0 Å². The first-order chi connectivity index (χ1) is 15.1. The molecule has 3 N–H and O–H groups in total. The number of hydrogen-bond acceptors (Lipinski definition) is 7. The van der Waals surface area contributed by atoms with E-state index in [-0.39, 0.29) is 5.56 Å². The fraction of sp³-hybridized carbons (Fsp3) is 0.409. The van der Waals surface area contributed by atoms with E-state index in [1.807, 2.05) is 12.1 Å². The number of furan rings is 1. The summed E-state index contributed by atoms with van der Waals surface area (Å²) in [7, 11) is 1.68. The number of nitrogens with two attached hydrogens (primary N) is 1. The van der Waals surface area contributed by atoms with Gasteiger partial charge in [-0.25, -0.2) is 14.5 Å². The first kappa shape index (κ1) is 21.1. The average molecular weight is 425 g/mol. The Morgan fingerprint density at radius 2 is 2.13 bits per heavy atom. The molecule has 0 amide bonds. The van der Waals surface area contributed by atoms with E-state index < -0.39 is 0 Å². The number of fused-ring (bicyclic) bond motifs is 2. The van der Waals surface area contributed by atoms with Gasteiger partial charge in [-0.05, 0) is 38.0 Å². The highest BCUT2D eigenvalue weighted by Crippen LogP contribution is 2.32. The topological polar surface area (TPSA) is 115 Å². The van der Waals surface area contributed by atoms with E-state index in [0.29, 0.717) is 29.8 Å². The molecule has 4 aromatic heterocycles. The van der Waals surface area contributed by atoms with Crippen molar-refractivity contribution in [2.45, 2.75) is 32.2 Å². The third-order valence-corrected chi connectivity index (χ3v) is 5.47. The lowest BCUT2D eigenvalue weighted by atomic mass is 9.95. The number of nitrogens with zero attached hydrogens (tertiary/aromatic N) is 4. The molecule has 164 valence electrons. The second-order valence-corrected chi connectivity index (χ2v) is 7.57. The van der Waals surface area contributed by atoms with E-state index in [9.17, 15) is 4.79 Å². The number of pyridine rings is 1. The van der Waals surface area contributed by atoms with Crippen LogP contribution in [0.1, 0.15) is 26.2 Å². The van der Waals surface area contributed by atoms with Crippen LogP contribution in [-0.4, -0.2) is 52.4 Å². The Morgan fingerprint density at radius 1 is 1.32 bits per heavy atom. The molecule has 0 spiro atoms. The predicted octanol–water partition coefficient (Wildman–Crippen LogP) is 2.80. The van der Waals surface area contributed by atoms with Crippen LogP contribution in [0, 0.1) is 0 Å². The second-order valence-electron chi connectivity index (χ2n) is 7.57. The number of ether oxygens (including phenoxy) is 1. The lowest BCUT2D eigenvalue weighted by Gasteiger charge is -2.21. The molecular formula is C22H28N6O3. The summed E-state index contributed by atoms with van der Waals surface area (Å²) in [4.78, 5) is 22.6. The van der Waals surface area contributed by atoms with E-state index in [1.54, 1.807) is 30.1 Å². The van der Waals surface area contributed by atoms with Gasteiger partial charge < -0.3 is 19.8 Å². The smallest absolute Gasteiger partial charge is 0.263 e. The van der Waals surface area contributed by atoms with Crippen LogP contribution in [0.2, 0.25) is 0 Å². The molecule has 9 nitrogen and oxygen atoms in total. The maximum Gasteiger partial charge on any atom is 0.263 e. The first-order valence-electron chi connectivity index (χ1n) is 10.6. The number of imidazole rings is 1. The van der Waals surface area contributed by atoms with Crippen molar-refractivity contribution in [1.82, 2.24) is 19.6 Å². The van der Waals surface area contributed by atoms with Crippen molar-refractivity contribution in [2.24, 2.45) is 5.73 Å². The number of rotatable bonds is 6. The number of methoxy groups -OCH3 is 1. The molecule has 9 heteroatoms. The standard InChI is InChI=1S/C18H19N5O3.C4H9N/c1-3-22(8-9-25-2)18-12-10-15(26-14(12)6-7-19-18)13-11-20-16-4-5-17(24)21-23(13)16;5-4-2-1-3-4/h4-7,10-11H,3,8-9H2,1-2H3,(H,21,24);4H,1-3,5H2. The van der Waals surface area contributed by atoms with Gasteiger partial charge in [0.15, 0.2) is 11.4 Å². The number of aromatic nitrogens is 4. The largest absolute Gasteiger partial charge is 0.454 e. The third-order valence-electron chi connectivity index (χ3n) is 5.47. The van der Waals surface area contributed by atoms with Gasteiger partial charge in [-0.1, -0.05) is 6.42 Å². The van der Waals surface area contributed by atoms with E-state index in [0.717, 1.165) is 29.9 Å². The summed E-state index contributed by atoms with van der Waals surface area (Å²) in [6, 6.07) is 7.44. The molecule has 4 aromatic rings. The lowest BCUT2D eigenvalue weighted by molar-refractivity contribution is 0.205. The maximum atomic E-state index is 11.7. The highest BCUT2D eigenvalue weighted by Gasteiger charge is 2.17. The van der Waals surface area contributed by atoms with E-state index in [1.165, 1.54) is 25.3 Å². The van der Waals surface area contributed by atoms with Crippen LogP contribution in [0.15, 0.2) is 45.9 Å². The molecule has 0 saturated heterocycles. The average Bonchev–Trinajstić information content (AvgIpc) is 3.37. The SMILES string of the molecule is CCN(CCOC)c1nccc2oc(-c3cnc4ccc(=O)[nH]n34)cc12.NC1CCC1. The molecule has 1 aliphatic rings. The van der Waals surface area contributed by atoms with Gasteiger partial charge in [0.1, 0.15) is 17.1 Å². The number of nitrogens with one attached hydrogen (secondary N) is 1. The molecule has 1 aliphatic carbocycles. The molecule has 1 fully saturated rings. The van der Waals surface area contributed by atoms with Crippen molar-refractivity contribution in [1.29, 1.82) is 0 Å². The number of aromatic amines is 1. The Bertz CT molecular complexity index is 1210. The van der Waals surface area contributed by atoms with Crippen LogP contribution < -0.4 is 16.2 Å². The predicted molar refractivity (Wildman–Crippen MR) is 120 cm³/mol. The number of hydrogen-bond donors (Lipinski definition) is 2. The van der Waals surface area contributed by atoms with Gasteiger partial charge in [0.05, 0.1) is 18.2 Å².